The van der Waals surface area contributed by atoms with E-state index in [-0.39, 0.29) is 22.5 Å². The first kappa shape index (κ1) is 18.1. The molecule has 6 heteroatoms. The molecule has 0 aromatic heterocycles. The number of nitrogens with zero attached hydrogens (tertiary/aromatic N) is 1. The van der Waals surface area contributed by atoms with Crippen molar-refractivity contribution in [2.45, 2.75) is 51.7 Å². The van der Waals surface area contributed by atoms with Crippen molar-refractivity contribution in [3.05, 3.63) is 33.8 Å². The van der Waals surface area contributed by atoms with Crippen molar-refractivity contribution < 1.29 is 14.3 Å². The number of rotatable bonds is 4. The second-order valence-corrected chi connectivity index (χ2v) is 6.60. The Kier molecular flexibility index (Phi) is 6.31. The largest absolute Gasteiger partial charge is 0.449 e. The highest BCUT2D eigenvalue weighted by Gasteiger charge is 2.30. The highest BCUT2D eigenvalue weighted by molar-refractivity contribution is 6.35. The first-order valence-electron chi connectivity index (χ1n) is 7.90. The van der Waals surface area contributed by atoms with Gasteiger partial charge < -0.3 is 9.64 Å². The van der Waals surface area contributed by atoms with Crippen molar-refractivity contribution in [3.8, 4) is 0 Å². The minimum atomic E-state index is -0.843. The molecule has 1 aromatic rings. The first-order valence-corrected chi connectivity index (χ1v) is 8.66. The molecule has 0 radical (unpaired) electrons. The number of likely N-dealkylation sites (tertiary alicyclic amines) is 1. The lowest BCUT2D eigenvalue weighted by molar-refractivity contribution is -0.143. The molecule has 1 aromatic carbocycles. The van der Waals surface area contributed by atoms with Gasteiger partial charge in [-0.1, -0.05) is 30.1 Å². The van der Waals surface area contributed by atoms with Crippen LogP contribution in [-0.4, -0.2) is 35.5 Å². The van der Waals surface area contributed by atoms with Crippen LogP contribution in [0.25, 0.3) is 0 Å². The Balaban J connectivity index is 2.05. The van der Waals surface area contributed by atoms with E-state index in [1.54, 1.807) is 13.0 Å². The summed E-state index contributed by atoms with van der Waals surface area (Å²) in [6.07, 6.45) is 3.19. The average molecular weight is 358 g/mol. The third-order valence-electron chi connectivity index (χ3n) is 4.16. The van der Waals surface area contributed by atoms with Crippen LogP contribution in [0.4, 0.5) is 0 Å². The zero-order valence-electron chi connectivity index (χ0n) is 13.4. The Bertz CT molecular complexity index is 591. The van der Waals surface area contributed by atoms with E-state index in [9.17, 15) is 9.59 Å². The van der Waals surface area contributed by atoms with Crippen LogP contribution in [0.5, 0.6) is 0 Å². The number of amides is 1. The molecule has 2 unspecified atom stereocenters. The molecule has 126 valence electrons. The van der Waals surface area contributed by atoms with Crippen LogP contribution in [-0.2, 0) is 9.53 Å². The molecular weight excluding hydrogens is 337 g/mol. The van der Waals surface area contributed by atoms with E-state index >= 15 is 0 Å². The van der Waals surface area contributed by atoms with Crippen LogP contribution < -0.4 is 0 Å². The smallest absolute Gasteiger partial charge is 0.340 e. The molecular formula is C17H21Cl2NO3. The Morgan fingerprint density at radius 3 is 2.78 bits per heavy atom. The van der Waals surface area contributed by atoms with Crippen LogP contribution in [0, 0.1) is 0 Å². The predicted octanol–water partition coefficient (Wildman–Crippen LogP) is 4.33. The standard InChI is InChI=1S/C17H21Cl2NO3/c1-3-13-6-4-5-9-20(13)16(21)11(2)23-17(22)14-10-12(18)7-8-15(14)19/h7-8,10-11,13H,3-6,9H2,1-2H3. The molecule has 1 aliphatic rings. The van der Waals surface area contributed by atoms with Crippen LogP contribution in [0.3, 0.4) is 0 Å². The van der Waals surface area contributed by atoms with E-state index < -0.39 is 12.1 Å². The molecule has 0 aliphatic carbocycles. The summed E-state index contributed by atoms with van der Waals surface area (Å²) in [5.41, 5.74) is 0.171. The van der Waals surface area contributed by atoms with Gasteiger partial charge in [0.1, 0.15) is 0 Å². The zero-order valence-corrected chi connectivity index (χ0v) is 14.9. The van der Waals surface area contributed by atoms with Crippen molar-refractivity contribution >= 4 is 35.1 Å². The maximum Gasteiger partial charge on any atom is 0.340 e. The molecule has 2 rings (SSSR count). The van der Waals surface area contributed by atoms with Crippen molar-refractivity contribution in [2.24, 2.45) is 0 Å². The monoisotopic (exact) mass is 357 g/mol. The lowest BCUT2D eigenvalue weighted by Crippen LogP contribution is -2.48. The topological polar surface area (TPSA) is 46.6 Å². The minimum Gasteiger partial charge on any atom is -0.449 e. The second kappa shape index (κ2) is 8.02. The molecule has 4 nitrogen and oxygen atoms in total. The summed E-state index contributed by atoms with van der Waals surface area (Å²) >= 11 is 11.9. The van der Waals surface area contributed by atoms with Gasteiger partial charge in [-0.2, -0.15) is 0 Å². The van der Waals surface area contributed by atoms with E-state index in [0.29, 0.717) is 5.02 Å². The Morgan fingerprint density at radius 1 is 1.35 bits per heavy atom. The molecule has 1 heterocycles. The van der Waals surface area contributed by atoms with Gasteiger partial charge in [0.25, 0.3) is 5.91 Å². The van der Waals surface area contributed by atoms with Gasteiger partial charge in [-0.15, -0.1) is 0 Å². The van der Waals surface area contributed by atoms with E-state index in [1.165, 1.54) is 12.1 Å². The predicted molar refractivity (Wildman–Crippen MR) is 91.0 cm³/mol. The summed E-state index contributed by atoms with van der Waals surface area (Å²) in [5, 5.41) is 0.644. The molecule has 1 amide bonds. The number of carbonyl (C=O) groups is 2. The molecule has 1 aliphatic heterocycles. The van der Waals surface area contributed by atoms with Crippen molar-refractivity contribution in [2.75, 3.05) is 6.54 Å². The fourth-order valence-electron chi connectivity index (χ4n) is 2.88. The first-order chi connectivity index (χ1) is 10.9. The zero-order chi connectivity index (χ0) is 17.0. The van der Waals surface area contributed by atoms with Gasteiger partial charge in [0.05, 0.1) is 10.6 Å². The van der Waals surface area contributed by atoms with Crippen LogP contribution in [0.1, 0.15) is 49.9 Å². The molecule has 0 N–H and O–H groups in total. The number of hydrogen-bond donors (Lipinski definition) is 0. The number of carbonyl (C=O) groups excluding carboxylic acids is 2. The van der Waals surface area contributed by atoms with Crippen molar-refractivity contribution in [1.82, 2.24) is 4.90 Å². The maximum atomic E-state index is 12.6. The van der Waals surface area contributed by atoms with Gasteiger partial charge in [-0.3, -0.25) is 4.79 Å². The lowest BCUT2D eigenvalue weighted by Gasteiger charge is -2.36. The number of halogens is 2. The summed E-state index contributed by atoms with van der Waals surface area (Å²) in [5.74, 6) is -0.786. The molecule has 0 bridgehead atoms. The van der Waals surface area contributed by atoms with Crippen molar-refractivity contribution in [3.63, 3.8) is 0 Å². The maximum absolute atomic E-state index is 12.6. The van der Waals surface area contributed by atoms with Crippen LogP contribution in [0.2, 0.25) is 10.0 Å². The second-order valence-electron chi connectivity index (χ2n) is 5.76. The number of benzene rings is 1. The number of esters is 1. The normalized spacial score (nSPS) is 19.3. The third-order valence-corrected chi connectivity index (χ3v) is 4.73. The molecule has 23 heavy (non-hydrogen) atoms. The van der Waals surface area contributed by atoms with E-state index in [2.05, 4.69) is 6.92 Å². The summed E-state index contributed by atoms with van der Waals surface area (Å²) in [7, 11) is 0. The highest BCUT2D eigenvalue weighted by Crippen LogP contribution is 2.23. The summed E-state index contributed by atoms with van der Waals surface area (Å²) in [4.78, 5) is 26.6. The molecule has 1 fully saturated rings. The molecule has 1 saturated heterocycles. The highest BCUT2D eigenvalue weighted by atomic mass is 35.5. The quantitative estimate of drug-likeness (QED) is 0.753. The van der Waals surface area contributed by atoms with E-state index in [4.69, 9.17) is 27.9 Å². The fourth-order valence-corrected chi connectivity index (χ4v) is 3.24. The van der Waals surface area contributed by atoms with Gasteiger partial charge in [0, 0.05) is 17.6 Å². The van der Waals surface area contributed by atoms with E-state index in [1.807, 2.05) is 4.90 Å². The number of hydrogen-bond acceptors (Lipinski definition) is 3. The SMILES string of the molecule is CCC1CCCCN1C(=O)C(C)OC(=O)c1cc(Cl)ccc1Cl. The molecule has 0 spiro atoms. The molecule has 0 saturated carbocycles. The van der Waals surface area contributed by atoms with Crippen LogP contribution in [0.15, 0.2) is 18.2 Å². The number of ether oxygens (including phenoxy) is 1. The summed E-state index contributed by atoms with van der Waals surface area (Å²) in [6.45, 7) is 4.38. The average Bonchev–Trinajstić information content (AvgIpc) is 2.56. The van der Waals surface area contributed by atoms with Gasteiger partial charge >= 0.3 is 5.97 Å². The van der Waals surface area contributed by atoms with Crippen LogP contribution >= 0.6 is 23.2 Å². The third kappa shape index (κ3) is 4.39. The minimum absolute atomic E-state index is 0.150. The summed E-state index contributed by atoms with van der Waals surface area (Å²) < 4.78 is 5.31. The Morgan fingerprint density at radius 2 is 2.09 bits per heavy atom. The Hall–Kier alpha value is -1.26. The summed E-state index contributed by atoms with van der Waals surface area (Å²) in [6, 6.07) is 4.80. The van der Waals surface area contributed by atoms with Gasteiger partial charge in [0.2, 0.25) is 0 Å². The lowest BCUT2D eigenvalue weighted by atomic mass is 9.99. The van der Waals surface area contributed by atoms with Crippen molar-refractivity contribution in [1.29, 1.82) is 0 Å². The number of piperidine rings is 1. The Labute approximate surface area is 146 Å². The fraction of sp³-hybridized carbons (Fsp3) is 0.529. The van der Waals surface area contributed by atoms with E-state index in [0.717, 1.165) is 32.2 Å². The van der Waals surface area contributed by atoms with Gasteiger partial charge in [0.15, 0.2) is 6.10 Å². The van der Waals surface area contributed by atoms with Gasteiger partial charge in [-0.05, 0) is 50.8 Å². The van der Waals surface area contributed by atoms with Gasteiger partial charge in [-0.25, -0.2) is 4.79 Å². The molecule has 2 atom stereocenters.